The maximum absolute atomic E-state index is 13.9. The summed E-state index contributed by atoms with van der Waals surface area (Å²) >= 11 is 6.09. The molecule has 2 amide bonds. The molecule has 9 heteroatoms. The number of amides is 2. The van der Waals surface area contributed by atoms with Crippen LogP contribution in [-0.4, -0.2) is 26.0 Å². The molecule has 5 rings (SSSR count). The Hall–Kier alpha value is -3.23. The molecular weight excluding hydrogens is 455 g/mol. The molecule has 0 saturated carbocycles. The highest BCUT2D eigenvalue weighted by atomic mass is 35.5. The molecule has 0 aromatic heterocycles. The average Bonchev–Trinajstić information content (AvgIpc) is 3.12. The number of halogens is 2. The van der Waals surface area contributed by atoms with Gasteiger partial charge in [-0.2, -0.15) is 0 Å². The fourth-order valence-electron chi connectivity index (χ4n) is 4.46. The van der Waals surface area contributed by atoms with Crippen molar-refractivity contribution in [3.05, 3.63) is 94.8 Å². The third kappa shape index (κ3) is 2.79. The first-order valence-electron chi connectivity index (χ1n) is 9.72. The molecule has 0 unspecified atom stereocenters. The number of carbonyl (C=O) groups excluding carboxylic acids is 2. The van der Waals surface area contributed by atoms with Gasteiger partial charge in [0.15, 0.2) is 9.84 Å². The molecule has 3 aromatic carbocycles. The van der Waals surface area contributed by atoms with Crippen molar-refractivity contribution >= 4 is 44.6 Å². The van der Waals surface area contributed by atoms with Crippen LogP contribution in [0.4, 0.5) is 15.8 Å². The van der Waals surface area contributed by atoms with E-state index >= 15 is 0 Å². The van der Waals surface area contributed by atoms with Crippen molar-refractivity contribution in [3.8, 4) is 0 Å². The van der Waals surface area contributed by atoms with Crippen LogP contribution in [0.25, 0.3) is 0 Å². The molecule has 1 atom stereocenters. The first-order chi connectivity index (χ1) is 15.3. The third-order valence-electron chi connectivity index (χ3n) is 5.74. The van der Waals surface area contributed by atoms with E-state index in [4.69, 9.17) is 11.6 Å². The summed E-state index contributed by atoms with van der Waals surface area (Å²) in [6, 6.07) is 18.2. The van der Waals surface area contributed by atoms with Gasteiger partial charge in [-0.3, -0.25) is 14.5 Å². The number of nitrogens with zero attached hydrogens (tertiary/aromatic N) is 2. The summed E-state index contributed by atoms with van der Waals surface area (Å²) in [5, 5.41) is 0.480. The van der Waals surface area contributed by atoms with E-state index in [0.29, 0.717) is 16.3 Å². The van der Waals surface area contributed by atoms with Gasteiger partial charge in [0, 0.05) is 16.3 Å². The maximum atomic E-state index is 13.9. The fraction of sp³-hybridized carbons (Fsp3) is 0.130. The van der Waals surface area contributed by atoms with Crippen LogP contribution in [0.15, 0.2) is 72.8 Å². The minimum atomic E-state index is -4.27. The molecule has 2 heterocycles. The van der Waals surface area contributed by atoms with E-state index in [-0.39, 0.29) is 17.8 Å². The Morgan fingerprint density at radius 2 is 1.69 bits per heavy atom. The van der Waals surface area contributed by atoms with Gasteiger partial charge in [-0.15, -0.1) is 0 Å². The van der Waals surface area contributed by atoms with Crippen LogP contribution in [0.1, 0.15) is 11.1 Å². The largest absolute Gasteiger partial charge is 0.304 e. The average molecular weight is 471 g/mol. The number of rotatable bonds is 3. The van der Waals surface area contributed by atoms with Gasteiger partial charge in [-0.1, -0.05) is 41.9 Å². The summed E-state index contributed by atoms with van der Waals surface area (Å²) in [5.74, 6) is -2.87. The van der Waals surface area contributed by atoms with Crippen LogP contribution in [0.5, 0.6) is 0 Å². The van der Waals surface area contributed by atoms with Crippen molar-refractivity contribution in [1.29, 1.82) is 0 Å². The van der Waals surface area contributed by atoms with E-state index in [2.05, 4.69) is 0 Å². The number of sulfone groups is 1. The van der Waals surface area contributed by atoms with Gasteiger partial charge in [0.05, 0.1) is 12.2 Å². The Morgan fingerprint density at radius 1 is 0.969 bits per heavy atom. The second-order valence-corrected chi connectivity index (χ2v) is 10.2. The molecule has 2 aliphatic rings. The summed E-state index contributed by atoms with van der Waals surface area (Å²) in [5.41, 5.74) is 1.42. The van der Waals surface area contributed by atoms with E-state index in [1.807, 2.05) is 0 Å². The molecule has 3 aromatic rings. The van der Waals surface area contributed by atoms with Crippen molar-refractivity contribution < 1.29 is 22.4 Å². The first kappa shape index (κ1) is 20.7. The molecule has 1 fully saturated rings. The predicted molar refractivity (Wildman–Crippen MR) is 118 cm³/mol. The molecule has 0 radical (unpaired) electrons. The maximum Gasteiger partial charge on any atom is 0.274 e. The second-order valence-electron chi connectivity index (χ2n) is 7.65. The van der Waals surface area contributed by atoms with Gasteiger partial charge in [0.1, 0.15) is 11.6 Å². The lowest BCUT2D eigenvalue weighted by Gasteiger charge is -2.32. The summed E-state index contributed by atoms with van der Waals surface area (Å²) in [6.07, 6.45) is 0. The van der Waals surface area contributed by atoms with Crippen molar-refractivity contribution in [2.75, 3.05) is 15.6 Å². The number of carbonyl (C=O) groups is 2. The van der Waals surface area contributed by atoms with Crippen molar-refractivity contribution in [2.24, 2.45) is 0 Å². The highest BCUT2D eigenvalue weighted by Gasteiger charge is 2.69. The zero-order chi connectivity index (χ0) is 22.7. The molecular formula is C23H16ClFN2O4S. The zero-order valence-electron chi connectivity index (χ0n) is 16.5. The van der Waals surface area contributed by atoms with Crippen molar-refractivity contribution in [1.82, 2.24) is 0 Å². The number of benzene rings is 3. The van der Waals surface area contributed by atoms with E-state index in [0.717, 1.165) is 17.0 Å². The Kier molecular flexibility index (Phi) is 4.61. The molecule has 0 aliphatic carbocycles. The molecule has 0 N–H and O–H groups in total. The first-order valence-corrected chi connectivity index (χ1v) is 11.8. The van der Waals surface area contributed by atoms with E-state index in [1.54, 1.807) is 42.5 Å². The number of para-hydroxylation sites is 1. The zero-order valence-corrected chi connectivity index (χ0v) is 18.1. The topological polar surface area (TPSA) is 74.8 Å². The Labute approximate surface area is 188 Å². The van der Waals surface area contributed by atoms with Gasteiger partial charge >= 0.3 is 0 Å². The number of fused-ring (bicyclic) bond motifs is 2. The van der Waals surface area contributed by atoms with Gasteiger partial charge in [-0.05, 0) is 48.0 Å². The number of hydrogen-bond acceptors (Lipinski definition) is 4. The van der Waals surface area contributed by atoms with Crippen LogP contribution in [-0.2, 0) is 30.8 Å². The Balaban J connectivity index is 1.73. The van der Waals surface area contributed by atoms with Gasteiger partial charge in [0.2, 0.25) is 5.91 Å². The normalized spacial score (nSPS) is 21.4. The van der Waals surface area contributed by atoms with Crippen LogP contribution in [0.3, 0.4) is 0 Å². The van der Waals surface area contributed by atoms with E-state index < -0.39 is 38.1 Å². The second kappa shape index (κ2) is 7.15. The molecule has 32 heavy (non-hydrogen) atoms. The number of hydrogen-bond donors (Lipinski definition) is 0. The van der Waals surface area contributed by atoms with E-state index in [1.165, 1.54) is 23.1 Å². The van der Waals surface area contributed by atoms with Gasteiger partial charge in [-0.25, -0.2) is 12.8 Å². The smallest absolute Gasteiger partial charge is 0.274 e. The molecule has 2 aliphatic heterocycles. The van der Waals surface area contributed by atoms with Crippen LogP contribution >= 0.6 is 11.6 Å². The molecule has 1 saturated heterocycles. The lowest BCUT2D eigenvalue weighted by molar-refractivity contribution is -0.123. The third-order valence-corrected chi connectivity index (χ3v) is 8.08. The summed E-state index contributed by atoms with van der Waals surface area (Å²) < 4.78 is 40.5. The highest BCUT2D eigenvalue weighted by Crippen LogP contribution is 2.52. The van der Waals surface area contributed by atoms with Crippen LogP contribution < -0.4 is 9.80 Å². The Morgan fingerprint density at radius 3 is 2.41 bits per heavy atom. The van der Waals surface area contributed by atoms with Crippen molar-refractivity contribution in [2.45, 2.75) is 11.4 Å². The highest BCUT2D eigenvalue weighted by molar-refractivity contribution is 7.94. The lowest BCUT2D eigenvalue weighted by atomic mass is 10.0. The molecule has 6 nitrogen and oxygen atoms in total. The summed E-state index contributed by atoms with van der Waals surface area (Å²) in [7, 11) is -4.27. The van der Waals surface area contributed by atoms with Gasteiger partial charge in [0.25, 0.3) is 10.8 Å². The quantitative estimate of drug-likeness (QED) is 0.585. The minimum Gasteiger partial charge on any atom is -0.304 e. The minimum absolute atomic E-state index is 0.0686. The monoisotopic (exact) mass is 470 g/mol. The molecule has 1 spiro atoms. The van der Waals surface area contributed by atoms with Gasteiger partial charge < -0.3 is 4.90 Å². The van der Waals surface area contributed by atoms with Crippen molar-refractivity contribution in [3.63, 3.8) is 0 Å². The Bertz CT molecular complexity index is 1380. The summed E-state index contributed by atoms with van der Waals surface area (Å²) in [6.45, 7) is 0.0686. The van der Waals surface area contributed by atoms with E-state index in [9.17, 15) is 22.4 Å². The molecule has 0 bridgehead atoms. The van der Waals surface area contributed by atoms with Crippen LogP contribution in [0.2, 0.25) is 5.02 Å². The summed E-state index contributed by atoms with van der Waals surface area (Å²) in [4.78, 5) is 27.0. The van der Waals surface area contributed by atoms with Crippen LogP contribution in [0, 0.1) is 5.82 Å². The molecule has 162 valence electrons. The lowest BCUT2D eigenvalue weighted by Crippen LogP contribution is -2.54. The predicted octanol–water partition coefficient (Wildman–Crippen LogP) is 3.64. The standard InChI is InChI=1S/C23H16ClFN2O4S/c24-16-5-3-4-15(12-16)13-26-20-7-2-1-6-19(20)23(22(26)29)27(21(28)14-32(23,30)31)18-10-8-17(25)9-11-18/h1-12H,13-14H2/t23-/m1/s1. The number of anilines is 2. The fourth-order valence-corrected chi connectivity index (χ4v) is 6.70. The SMILES string of the molecule is O=C1CS(=O)(=O)[C@]2(C(=O)N(Cc3cccc(Cl)c3)c3ccccc32)N1c1ccc(F)cc1.